The van der Waals surface area contributed by atoms with Crippen LogP contribution in [0.2, 0.25) is 0 Å². The molecule has 2 rings (SSSR count). The van der Waals surface area contributed by atoms with Gasteiger partial charge in [-0.05, 0) is 18.4 Å². The molecule has 0 spiro atoms. The average Bonchev–Trinajstić information content (AvgIpc) is 3.13. The predicted molar refractivity (Wildman–Crippen MR) is 63.2 cm³/mol. The van der Waals surface area contributed by atoms with Gasteiger partial charge in [-0.1, -0.05) is 30.3 Å². The van der Waals surface area contributed by atoms with Gasteiger partial charge >= 0.3 is 0 Å². The molecule has 1 aromatic rings. The summed E-state index contributed by atoms with van der Waals surface area (Å²) < 4.78 is 5.26. The zero-order valence-electron chi connectivity index (χ0n) is 9.65. The molecule has 1 fully saturated rings. The second-order valence-corrected chi connectivity index (χ2v) is 4.46. The van der Waals surface area contributed by atoms with Crippen LogP contribution in [0.3, 0.4) is 0 Å². The number of hydrogen-bond acceptors (Lipinski definition) is 3. The molecular formula is C13H19NO2. The van der Waals surface area contributed by atoms with Crippen LogP contribution in [-0.4, -0.2) is 31.5 Å². The normalized spacial score (nSPS) is 19.4. The van der Waals surface area contributed by atoms with Crippen LogP contribution in [0.4, 0.5) is 0 Å². The van der Waals surface area contributed by atoms with Gasteiger partial charge in [0.15, 0.2) is 0 Å². The van der Waals surface area contributed by atoms with Gasteiger partial charge in [0.25, 0.3) is 0 Å². The minimum absolute atomic E-state index is 0.0569. The zero-order chi connectivity index (χ0) is 11.4. The number of aliphatic hydroxyl groups is 1. The van der Waals surface area contributed by atoms with Gasteiger partial charge in [-0.2, -0.15) is 0 Å². The van der Waals surface area contributed by atoms with E-state index in [9.17, 15) is 5.11 Å². The van der Waals surface area contributed by atoms with Gasteiger partial charge in [-0.3, -0.25) is 0 Å². The Morgan fingerprint density at radius 1 is 1.38 bits per heavy atom. The minimum atomic E-state index is -0.447. The van der Waals surface area contributed by atoms with E-state index >= 15 is 0 Å². The first-order valence-corrected chi connectivity index (χ1v) is 5.74. The van der Waals surface area contributed by atoms with E-state index in [2.05, 4.69) is 5.32 Å². The Labute approximate surface area is 96.4 Å². The van der Waals surface area contributed by atoms with Crippen LogP contribution >= 0.6 is 0 Å². The second-order valence-electron chi connectivity index (χ2n) is 4.46. The monoisotopic (exact) mass is 221 g/mol. The smallest absolute Gasteiger partial charge is 0.0907 e. The summed E-state index contributed by atoms with van der Waals surface area (Å²) in [5.74, 6) is 0. The Hall–Kier alpha value is -0.900. The standard InChI is InChI=1S/C13H19NO2/c1-16-10-13(9-15,14-12-7-8-12)11-5-3-2-4-6-11/h2-6,12,14-15H,7-10H2,1H3. The molecule has 1 aliphatic rings. The van der Waals surface area contributed by atoms with Crippen molar-refractivity contribution in [2.45, 2.75) is 24.4 Å². The van der Waals surface area contributed by atoms with Gasteiger partial charge in [0.05, 0.1) is 18.8 Å². The largest absolute Gasteiger partial charge is 0.394 e. The van der Waals surface area contributed by atoms with Gasteiger partial charge in [0.2, 0.25) is 0 Å². The maximum Gasteiger partial charge on any atom is 0.0907 e. The molecule has 0 bridgehead atoms. The molecule has 0 radical (unpaired) electrons. The van der Waals surface area contributed by atoms with Gasteiger partial charge in [-0.25, -0.2) is 0 Å². The highest BCUT2D eigenvalue weighted by Gasteiger charge is 2.37. The third-order valence-corrected chi connectivity index (χ3v) is 3.04. The fraction of sp³-hybridized carbons (Fsp3) is 0.538. The molecule has 2 N–H and O–H groups in total. The van der Waals surface area contributed by atoms with E-state index in [0.29, 0.717) is 12.6 Å². The number of methoxy groups -OCH3 is 1. The van der Waals surface area contributed by atoms with Gasteiger partial charge in [0.1, 0.15) is 0 Å². The maximum atomic E-state index is 9.70. The van der Waals surface area contributed by atoms with Crippen LogP contribution in [0.1, 0.15) is 18.4 Å². The third kappa shape index (κ3) is 2.43. The van der Waals surface area contributed by atoms with E-state index in [4.69, 9.17) is 4.74 Å². The number of hydrogen-bond donors (Lipinski definition) is 2. The molecule has 0 saturated heterocycles. The van der Waals surface area contributed by atoms with E-state index in [0.717, 1.165) is 5.56 Å². The number of rotatable bonds is 6. The summed E-state index contributed by atoms with van der Waals surface area (Å²) in [5, 5.41) is 13.2. The summed E-state index contributed by atoms with van der Waals surface area (Å²) >= 11 is 0. The van der Waals surface area contributed by atoms with Crippen LogP contribution in [0.5, 0.6) is 0 Å². The number of aliphatic hydroxyl groups excluding tert-OH is 1. The molecule has 0 aliphatic heterocycles. The number of benzene rings is 1. The molecule has 0 aromatic heterocycles. The molecule has 88 valence electrons. The fourth-order valence-corrected chi connectivity index (χ4v) is 2.01. The summed E-state index contributed by atoms with van der Waals surface area (Å²) in [4.78, 5) is 0. The Balaban J connectivity index is 2.23. The van der Waals surface area contributed by atoms with Crippen molar-refractivity contribution in [2.24, 2.45) is 0 Å². The van der Waals surface area contributed by atoms with E-state index in [1.807, 2.05) is 30.3 Å². The zero-order valence-corrected chi connectivity index (χ0v) is 9.65. The Morgan fingerprint density at radius 3 is 2.56 bits per heavy atom. The predicted octanol–water partition coefficient (Wildman–Crippen LogP) is 1.27. The Morgan fingerprint density at radius 2 is 2.06 bits per heavy atom. The summed E-state index contributed by atoms with van der Waals surface area (Å²) in [6, 6.07) is 10.6. The molecule has 1 aliphatic carbocycles. The van der Waals surface area contributed by atoms with Crippen LogP contribution < -0.4 is 5.32 Å². The molecule has 1 unspecified atom stereocenters. The lowest BCUT2D eigenvalue weighted by Gasteiger charge is -2.33. The van der Waals surface area contributed by atoms with Crippen LogP contribution in [0, 0.1) is 0 Å². The van der Waals surface area contributed by atoms with Crippen molar-refractivity contribution in [3.05, 3.63) is 35.9 Å². The van der Waals surface area contributed by atoms with Crippen molar-refractivity contribution in [1.29, 1.82) is 0 Å². The molecule has 1 atom stereocenters. The summed E-state index contributed by atoms with van der Waals surface area (Å²) in [5.41, 5.74) is 0.642. The van der Waals surface area contributed by atoms with Crippen molar-refractivity contribution in [3.63, 3.8) is 0 Å². The molecule has 1 aromatic carbocycles. The van der Waals surface area contributed by atoms with Gasteiger partial charge < -0.3 is 15.2 Å². The number of ether oxygens (including phenoxy) is 1. The lowest BCUT2D eigenvalue weighted by atomic mass is 9.91. The highest BCUT2D eigenvalue weighted by molar-refractivity contribution is 5.25. The van der Waals surface area contributed by atoms with Gasteiger partial charge in [0, 0.05) is 13.2 Å². The van der Waals surface area contributed by atoms with Crippen molar-refractivity contribution in [2.75, 3.05) is 20.3 Å². The van der Waals surface area contributed by atoms with Crippen molar-refractivity contribution >= 4 is 0 Å². The highest BCUT2D eigenvalue weighted by Crippen LogP contribution is 2.28. The molecule has 0 amide bonds. The highest BCUT2D eigenvalue weighted by atomic mass is 16.5. The lowest BCUT2D eigenvalue weighted by molar-refractivity contribution is 0.0591. The van der Waals surface area contributed by atoms with Crippen LogP contribution in [-0.2, 0) is 10.3 Å². The quantitative estimate of drug-likeness (QED) is 0.760. The molecule has 3 nitrogen and oxygen atoms in total. The fourth-order valence-electron chi connectivity index (χ4n) is 2.01. The summed E-state index contributed by atoms with van der Waals surface area (Å²) in [6.07, 6.45) is 2.39. The first-order chi connectivity index (χ1) is 7.80. The van der Waals surface area contributed by atoms with Gasteiger partial charge in [-0.15, -0.1) is 0 Å². The summed E-state index contributed by atoms with van der Waals surface area (Å²) in [6.45, 7) is 0.547. The third-order valence-electron chi connectivity index (χ3n) is 3.04. The second kappa shape index (κ2) is 4.95. The first-order valence-electron chi connectivity index (χ1n) is 5.74. The first kappa shape index (κ1) is 11.6. The van der Waals surface area contributed by atoms with Crippen molar-refractivity contribution in [1.82, 2.24) is 5.32 Å². The molecular weight excluding hydrogens is 202 g/mol. The summed E-state index contributed by atoms with van der Waals surface area (Å²) in [7, 11) is 1.67. The Bertz CT molecular complexity index is 324. The Kier molecular flexibility index (Phi) is 3.59. The van der Waals surface area contributed by atoms with Crippen molar-refractivity contribution in [3.8, 4) is 0 Å². The average molecular weight is 221 g/mol. The van der Waals surface area contributed by atoms with Crippen molar-refractivity contribution < 1.29 is 9.84 Å². The lowest BCUT2D eigenvalue weighted by Crippen LogP contribution is -2.50. The van der Waals surface area contributed by atoms with E-state index in [-0.39, 0.29) is 6.61 Å². The minimum Gasteiger partial charge on any atom is -0.394 e. The van der Waals surface area contributed by atoms with E-state index < -0.39 is 5.54 Å². The molecule has 3 heteroatoms. The molecule has 0 heterocycles. The molecule has 1 saturated carbocycles. The van der Waals surface area contributed by atoms with E-state index in [1.165, 1.54) is 12.8 Å². The topological polar surface area (TPSA) is 41.5 Å². The number of nitrogens with one attached hydrogen (secondary N) is 1. The molecule has 16 heavy (non-hydrogen) atoms. The van der Waals surface area contributed by atoms with Crippen LogP contribution in [0.25, 0.3) is 0 Å². The van der Waals surface area contributed by atoms with Crippen LogP contribution in [0.15, 0.2) is 30.3 Å². The van der Waals surface area contributed by atoms with E-state index in [1.54, 1.807) is 7.11 Å². The maximum absolute atomic E-state index is 9.70. The SMILES string of the molecule is COCC(CO)(NC1CC1)c1ccccc1.